The normalized spacial score (nSPS) is 14.8. The van der Waals surface area contributed by atoms with Gasteiger partial charge in [0.25, 0.3) is 5.91 Å². The number of benzene rings is 2. The highest BCUT2D eigenvalue weighted by molar-refractivity contribution is 7.90. The van der Waals surface area contributed by atoms with Gasteiger partial charge in [0.15, 0.2) is 0 Å². The molecule has 208 valence electrons. The summed E-state index contributed by atoms with van der Waals surface area (Å²) in [5.74, 6) is -2.04. The second-order valence-corrected chi connectivity index (χ2v) is 11.3. The van der Waals surface area contributed by atoms with E-state index < -0.39 is 34.3 Å². The van der Waals surface area contributed by atoms with E-state index in [0.717, 1.165) is 55.1 Å². The average Bonchev–Trinajstić information content (AvgIpc) is 2.88. The average molecular weight is 563 g/mol. The number of sulfonamides is 1. The van der Waals surface area contributed by atoms with Crippen LogP contribution in [0.25, 0.3) is 11.1 Å². The molecular weight excluding hydrogens is 533 g/mol. The number of pyridine rings is 1. The number of piperazine rings is 1. The first kappa shape index (κ1) is 28.4. The molecule has 0 bridgehead atoms. The summed E-state index contributed by atoms with van der Waals surface area (Å²) < 4.78 is 62.2. The summed E-state index contributed by atoms with van der Waals surface area (Å²) in [6.45, 7) is 5.96. The lowest BCUT2D eigenvalue weighted by atomic mass is 9.99. The Balaban J connectivity index is 1.29. The van der Waals surface area contributed by atoms with Crippen LogP contribution in [-0.4, -0.2) is 67.4 Å². The molecule has 1 saturated heterocycles. The first-order valence-electron chi connectivity index (χ1n) is 12.3. The van der Waals surface area contributed by atoms with Gasteiger partial charge in [-0.25, -0.2) is 13.1 Å². The summed E-state index contributed by atoms with van der Waals surface area (Å²) >= 11 is 0. The summed E-state index contributed by atoms with van der Waals surface area (Å²) in [5.41, 5.74) is 5.07. The van der Waals surface area contributed by atoms with Gasteiger partial charge in [0.05, 0.1) is 18.4 Å². The highest BCUT2D eigenvalue weighted by Crippen LogP contribution is 2.27. The number of rotatable bonds is 8. The van der Waals surface area contributed by atoms with E-state index in [1.165, 1.54) is 23.9 Å². The summed E-state index contributed by atoms with van der Waals surface area (Å²) in [6.07, 6.45) is -3.03. The number of aromatic hydroxyl groups is 1. The van der Waals surface area contributed by atoms with Crippen molar-refractivity contribution in [3.63, 3.8) is 0 Å². The minimum absolute atomic E-state index is 0.0493. The molecule has 8 nitrogen and oxygen atoms in total. The summed E-state index contributed by atoms with van der Waals surface area (Å²) in [5, 5.41) is 9.71. The number of carbonyl (C=O) groups excluding carboxylic acids is 1. The molecule has 1 aliphatic heterocycles. The Labute approximate surface area is 225 Å². The Morgan fingerprint density at radius 3 is 2.33 bits per heavy atom. The largest absolute Gasteiger partial charge is 0.506 e. The first-order chi connectivity index (χ1) is 18.4. The molecule has 2 N–H and O–H groups in total. The topological polar surface area (TPSA) is 103 Å². The quantitative estimate of drug-likeness (QED) is 0.426. The van der Waals surface area contributed by atoms with Crippen molar-refractivity contribution in [2.45, 2.75) is 26.1 Å². The second kappa shape index (κ2) is 11.6. The predicted molar refractivity (Wildman–Crippen MR) is 142 cm³/mol. The number of alkyl halides is 3. The molecule has 39 heavy (non-hydrogen) atoms. The molecule has 1 fully saturated rings. The number of hydrogen-bond donors (Lipinski definition) is 2. The van der Waals surface area contributed by atoms with Crippen molar-refractivity contribution < 1.29 is 31.5 Å². The molecule has 4 rings (SSSR count). The highest BCUT2D eigenvalue weighted by Gasteiger charge is 2.30. The van der Waals surface area contributed by atoms with E-state index in [9.17, 15) is 31.5 Å². The molecule has 0 spiro atoms. The van der Waals surface area contributed by atoms with Gasteiger partial charge in [0, 0.05) is 55.7 Å². The zero-order valence-corrected chi connectivity index (χ0v) is 22.1. The van der Waals surface area contributed by atoms with Gasteiger partial charge < -0.3 is 10.0 Å². The van der Waals surface area contributed by atoms with Crippen molar-refractivity contribution >= 4 is 21.6 Å². The van der Waals surface area contributed by atoms with Crippen molar-refractivity contribution in [3.8, 4) is 16.9 Å². The lowest BCUT2D eigenvalue weighted by molar-refractivity contribution is -0.130. The van der Waals surface area contributed by atoms with E-state index in [-0.39, 0.29) is 11.3 Å². The lowest BCUT2D eigenvalue weighted by Gasteiger charge is -2.36. The maximum atomic E-state index is 12.3. The van der Waals surface area contributed by atoms with Gasteiger partial charge in [0.2, 0.25) is 10.0 Å². The highest BCUT2D eigenvalue weighted by atomic mass is 32.2. The molecular formula is C27H29F3N4O4S. The molecule has 3 aromatic rings. The fourth-order valence-corrected chi connectivity index (χ4v) is 5.47. The van der Waals surface area contributed by atoms with Crippen LogP contribution in [0.3, 0.4) is 0 Å². The van der Waals surface area contributed by atoms with Crippen molar-refractivity contribution in [1.29, 1.82) is 0 Å². The van der Waals surface area contributed by atoms with E-state index >= 15 is 0 Å². The van der Waals surface area contributed by atoms with Crippen LogP contribution in [0, 0.1) is 6.92 Å². The number of halogens is 3. The Kier molecular flexibility index (Phi) is 8.45. The smallest absolute Gasteiger partial charge is 0.390 e. The maximum Gasteiger partial charge on any atom is 0.390 e. The summed E-state index contributed by atoms with van der Waals surface area (Å²) in [7, 11) is -4.39. The Bertz CT molecular complexity index is 1420. The third-order valence-corrected chi connectivity index (χ3v) is 7.74. The molecule has 2 heterocycles. The molecule has 0 atom stereocenters. The molecule has 0 unspecified atom stereocenters. The van der Waals surface area contributed by atoms with Crippen LogP contribution < -0.4 is 9.62 Å². The van der Waals surface area contributed by atoms with E-state index in [1.807, 2.05) is 13.0 Å². The molecule has 2 aromatic carbocycles. The van der Waals surface area contributed by atoms with Crippen LogP contribution in [0.4, 0.5) is 18.9 Å². The van der Waals surface area contributed by atoms with Crippen LogP contribution in [0.15, 0.2) is 60.9 Å². The SMILES string of the molecule is Cc1cc(CN2CCN(c3ccc(C(=O)NS(=O)(=O)CCC(F)(F)F)cc3)CC2)ccc1-c1cncc(O)c1. The standard InChI is InChI=1S/C27H29F3N4O4S/c1-19-14-20(2-7-25(19)22-15-24(35)17-31-16-22)18-33-9-11-34(12-10-33)23-5-3-21(4-6-23)26(36)32-39(37,38)13-8-27(28,29)30/h2-7,14-17,35H,8-13,18H2,1H3,(H,32,36). The van der Waals surface area contributed by atoms with Crippen LogP contribution >= 0.6 is 0 Å². The lowest BCUT2D eigenvalue weighted by Crippen LogP contribution is -2.46. The van der Waals surface area contributed by atoms with Crippen molar-refractivity contribution in [2.24, 2.45) is 0 Å². The third-order valence-electron chi connectivity index (χ3n) is 6.50. The van der Waals surface area contributed by atoms with Gasteiger partial charge in [-0.2, -0.15) is 13.2 Å². The van der Waals surface area contributed by atoms with E-state index in [2.05, 4.69) is 26.9 Å². The third kappa shape index (κ3) is 7.93. The molecule has 0 saturated carbocycles. The van der Waals surface area contributed by atoms with Gasteiger partial charge in [-0.1, -0.05) is 18.2 Å². The number of hydrogen-bond acceptors (Lipinski definition) is 7. The molecule has 1 aromatic heterocycles. The fourth-order valence-electron chi connectivity index (χ4n) is 4.47. The zero-order chi connectivity index (χ0) is 28.2. The number of aryl methyl sites for hydroxylation is 1. The van der Waals surface area contributed by atoms with Crippen LogP contribution in [0.5, 0.6) is 5.75 Å². The minimum atomic E-state index is -4.63. The second-order valence-electron chi connectivity index (χ2n) is 9.51. The van der Waals surface area contributed by atoms with Gasteiger partial charge in [0.1, 0.15) is 5.75 Å². The Hall–Kier alpha value is -3.64. The Morgan fingerprint density at radius 1 is 1.03 bits per heavy atom. The molecule has 12 heteroatoms. The summed E-state index contributed by atoms with van der Waals surface area (Å²) in [6, 6.07) is 14.3. The van der Waals surface area contributed by atoms with E-state index in [4.69, 9.17) is 0 Å². The van der Waals surface area contributed by atoms with E-state index in [1.54, 1.807) is 29.1 Å². The number of amides is 1. The van der Waals surface area contributed by atoms with Gasteiger partial charge >= 0.3 is 6.18 Å². The first-order valence-corrected chi connectivity index (χ1v) is 14.0. The van der Waals surface area contributed by atoms with Gasteiger partial charge in [-0.3, -0.25) is 14.7 Å². The van der Waals surface area contributed by atoms with Crippen molar-refractivity contribution in [2.75, 3.05) is 36.8 Å². The van der Waals surface area contributed by atoms with Crippen molar-refractivity contribution in [1.82, 2.24) is 14.6 Å². The van der Waals surface area contributed by atoms with Gasteiger partial charge in [-0.05, 0) is 53.9 Å². The summed E-state index contributed by atoms with van der Waals surface area (Å²) in [4.78, 5) is 20.8. The minimum Gasteiger partial charge on any atom is -0.506 e. The number of aromatic nitrogens is 1. The van der Waals surface area contributed by atoms with Crippen LogP contribution in [0.2, 0.25) is 0 Å². The Morgan fingerprint density at radius 2 is 1.72 bits per heavy atom. The number of carbonyl (C=O) groups is 1. The molecule has 1 amide bonds. The number of nitrogens with one attached hydrogen (secondary N) is 1. The number of nitrogens with zero attached hydrogens (tertiary/aromatic N) is 3. The van der Waals surface area contributed by atoms with Crippen LogP contribution in [0.1, 0.15) is 27.9 Å². The van der Waals surface area contributed by atoms with Crippen molar-refractivity contribution in [3.05, 3.63) is 77.6 Å². The van der Waals surface area contributed by atoms with E-state index in [0.29, 0.717) is 0 Å². The van der Waals surface area contributed by atoms with Gasteiger partial charge in [-0.15, -0.1) is 0 Å². The fraction of sp³-hybridized carbons (Fsp3) is 0.333. The molecule has 0 aliphatic carbocycles. The maximum absolute atomic E-state index is 12.3. The zero-order valence-electron chi connectivity index (χ0n) is 21.3. The molecule has 1 aliphatic rings. The monoisotopic (exact) mass is 562 g/mol. The predicted octanol–water partition coefficient (Wildman–Crippen LogP) is 4.10. The van der Waals surface area contributed by atoms with Crippen LogP contribution in [-0.2, 0) is 16.6 Å². The number of anilines is 1. The molecule has 0 radical (unpaired) electrons.